The van der Waals surface area contributed by atoms with E-state index in [1.54, 1.807) is 12.1 Å². The fourth-order valence-electron chi connectivity index (χ4n) is 1.68. The lowest BCUT2D eigenvalue weighted by Gasteiger charge is -2.12. The third-order valence-electron chi connectivity index (χ3n) is 3.08. The van der Waals surface area contributed by atoms with Crippen LogP contribution < -0.4 is 16.0 Å². The van der Waals surface area contributed by atoms with Crippen molar-refractivity contribution < 1.29 is 9.59 Å². The van der Waals surface area contributed by atoms with E-state index in [0.717, 1.165) is 12.0 Å². The van der Waals surface area contributed by atoms with Gasteiger partial charge in [-0.3, -0.25) is 4.79 Å². The Labute approximate surface area is 126 Å². The van der Waals surface area contributed by atoms with Gasteiger partial charge < -0.3 is 16.0 Å². The van der Waals surface area contributed by atoms with Gasteiger partial charge in [-0.2, -0.15) is 0 Å². The highest BCUT2D eigenvalue weighted by atomic mass is 16.2. The van der Waals surface area contributed by atoms with Crippen LogP contribution in [0.5, 0.6) is 0 Å². The average Bonchev–Trinajstić information content (AvgIpc) is 2.44. The van der Waals surface area contributed by atoms with Gasteiger partial charge in [0.15, 0.2) is 0 Å². The van der Waals surface area contributed by atoms with Gasteiger partial charge in [-0.25, -0.2) is 4.79 Å². The van der Waals surface area contributed by atoms with Crippen LogP contribution in [-0.2, 0) is 6.54 Å². The van der Waals surface area contributed by atoms with E-state index in [2.05, 4.69) is 16.0 Å². The molecule has 0 radical (unpaired) electrons. The summed E-state index contributed by atoms with van der Waals surface area (Å²) < 4.78 is 0. The average molecular weight is 291 g/mol. The molecule has 1 atom stereocenters. The SMILES string of the molecule is CC[C@@H](C)NC(=O)c1ccc(CNC(=O)NC(C)C)cc1. The smallest absolute Gasteiger partial charge is 0.315 e. The Balaban J connectivity index is 2.50. The molecule has 1 aromatic rings. The van der Waals surface area contributed by atoms with Gasteiger partial charge in [0.2, 0.25) is 0 Å². The highest BCUT2D eigenvalue weighted by Gasteiger charge is 2.08. The van der Waals surface area contributed by atoms with E-state index >= 15 is 0 Å². The second-order valence-corrected chi connectivity index (χ2v) is 5.46. The van der Waals surface area contributed by atoms with Crippen molar-refractivity contribution in [2.24, 2.45) is 0 Å². The van der Waals surface area contributed by atoms with Gasteiger partial charge in [0, 0.05) is 24.2 Å². The molecule has 116 valence electrons. The molecule has 0 saturated carbocycles. The van der Waals surface area contributed by atoms with Crippen molar-refractivity contribution in [3.8, 4) is 0 Å². The highest BCUT2D eigenvalue weighted by molar-refractivity contribution is 5.94. The zero-order valence-corrected chi connectivity index (χ0v) is 13.2. The Morgan fingerprint density at radius 3 is 2.19 bits per heavy atom. The molecule has 0 aliphatic rings. The largest absolute Gasteiger partial charge is 0.350 e. The molecular formula is C16H25N3O2. The summed E-state index contributed by atoms with van der Waals surface area (Å²) in [6.07, 6.45) is 0.901. The van der Waals surface area contributed by atoms with Crippen LogP contribution in [0, 0.1) is 0 Å². The number of amides is 3. The molecule has 0 spiro atoms. The van der Waals surface area contributed by atoms with Gasteiger partial charge in [0.05, 0.1) is 0 Å². The molecule has 0 saturated heterocycles. The third kappa shape index (κ3) is 6.29. The van der Waals surface area contributed by atoms with E-state index in [9.17, 15) is 9.59 Å². The van der Waals surface area contributed by atoms with Gasteiger partial charge >= 0.3 is 6.03 Å². The van der Waals surface area contributed by atoms with E-state index in [1.807, 2.05) is 39.8 Å². The summed E-state index contributed by atoms with van der Waals surface area (Å²) >= 11 is 0. The second-order valence-electron chi connectivity index (χ2n) is 5.46. The van der Waals surface area contributed by atoms with Gasteiger partial charge in [0.1, 0.15) is 0 Å². The minimum atomic E-state index is -0.191. The Morgan fingerprint density at radius 2 is 1.67 bits per heavy atom. The molecule has 21 heavy (non-hydrogen) atoms. The van der Waals surface area contributed by atoms with Gasteiger partial charge in [-0.15, -0.1) is 0 Å². The number of hydrogen-bond donors (Lipinski definition) is 3. The Morgan fingerprint density at radius 1 is 1.05 bits per heavy atom. The van der Waals surface area contributed by atoms with Crippen LogP contribution in [-0.4, -0.2) is 24.0 Å². The Bertz CT molecular complexity index is 469. The van der Waals surface area contributed by atoms with Crippen molar-refractivity contribution in [3.05, 3.63) is 35.4 Å². The Hall–Kier alpha value is -2.04. The summed E-state index contributed by atoms with van der Waals surface area (Å²) in [6.45, 7) is 8.26. The van der Waals surface area contributed by atoms with Crippen molar-refractivity contribution in [1.29, 1.82) is 0 Å². The monoisotopic (exact) mass is 291 g/mol. The maximum atomic E-state index is 11.9. The molecule has 0 aliphatic carbocycles. The first kappa shape index (κ1) is 17.0. The number of hydrogen-bond acceptors (Lipinski definition) is 2. The number of rotatable bonds is 6. The first-order valence-corrected chi connectivity index (χ1v) is 7.36. The molecule has 5 nitrogen and oxygen atoms in total. The molecule has 1 aromatic carbocycles. The summed E-state index contributed by atoms with van der Waals surface area (Å²) in [5.41, 5.74) is 1.58. The van der Waals surface area contributed by atoms with Crippen molar-refractivity contribution in [2.45, 2.75) is 52.7 Å². The van der Waals surface area contributed by atoms with E-state index in [-0.39, 0.29) is 24.0 Å². The molecule has 3 amide bonds. The number of nitrogens with one attached hydrogen (secondary N) is 3. The normalized spacial score (nSPS) is 11.9. The van der Waals surface area contributed by atoms with Crippen LogP contribution in [0.25, 0.3) is 0 Å². The van der Waals surface area contributed by atoms with Crippen LogP contribution >= 0.6 is 0 Å². The second kappa shape index (κ2) is 8.29. The van der Waals surface area contributed by atoms with Crippen LogP contribution in [0.4, 0.5) is 4.79 Å². The molecule has 0 heterocycles. The molecule has 1 rings (SSSR count). The third-order valence-corrected chi connectivity index (χ3v) is 3.08. The van der Waals surface area contributed by atoms with Crippen LogP contribution in [0.15, 0.2) is 24.3 Å². The van der Waals surface area contributed by atoms with E-state index in [4.69, 9.17) is 0 Å². The van der Waals surface area contributed by atoms with Crippen molar-refractivity contribution >= 4 is 11.9 Å². The maximum Gasteiger partial charge on any atom is 0.315 e. The first-order valence-electron chi connectivity index (χ1n) is 7.36. The zero-order valence-electron chi connectivity index (χ0n) is 13.2. The predicted molar refractivity (Wildman–Crippen MR) is 84.2 cm³/mol. The van der Waals surface area contributed by atoms with Gasteiger partial charge in [-0.05, 0) is 44.9 Å². The van der Waals surface area contributed by atoms with Crippen LogP contribution in [0.2, 0.25) is 0 Å². The number of benzene rings is 1. The minimum absolute atomic E-state index is 0.0681. The lowest BCUT2D eigenvalue weighted by atomic mass is 10.1. The number of urea groups is 1. The summed E-state index contributed by atoms with van der Waals surface area (Å²) in [5.74, 6) is -0.0681. The molecular weight excluding hydrogens is 266 g/mol. The summed E-state index contributed by atoms with van der Waals surface area (Å²) in [4.78, 5) is 23.4. The molecule has 3 N–H and O–H groups in total. The van der Waals surface area contributed by atoms with Crippen LogP contribution in [0.1, 0.15) is 50.0 Å². The van der Waals surface area contributed by atoms with Gasteiger partial charge in [0.25, 0.3) is 5.91 Å². The predicted octanol–water partition coefficient (Wildman–Crippen LogP) is 2.42. The van der Waals surface area contributed by atoms with Crippen LogP contribution in [0.3, 0.4) is 0 Å². The topological polar surface area (TPSA) is 70.2 Å². The van der Waals surface area contributed by atoms with E-state index in [0.29, 0.717) is 12.1 Å². The van der Waals surface area contributed by atoms with Crippen molar-refractivity contribution in [3.63, 3.8) is 0 Å². The highest BCUT2D eigenvalue weighted by Crippen LogP contribution is 2.05. The molecule has 0 unspecified atom stereocenters. The van der Waals surface area contributed by atoms with Gasteiger partial charge in [-0.1, -0.05) is 19.1 Å². The standard InChI is InChI=1S/C16H25N3O2/c1-5-12(4)19-15(20)14-8-6-13(7-9-14)10-17-16(21)18-11(2)3/h6-9,11-12H,5,10H2,1-4H3,(H,19,20)(H2,17,18,21)/t12-/m1/s1. The number of carbonyl (C=O) groups excluding carboxylic acids is 2. The van der Waals surface area contributed by atoms with Crippen molar-refractivity contribution in [1.82, 2.24) is 16.0 Å². The minimum Gasteiger partial charge on any atom is -0.350 e. The number of carbonyl (C=O) groups is 2. The Kier molecular flexibility index (Phi) is 6.72. The molecule has 0 bridgehead atoms. The summed E-state index contributed by atoms with van der Waals surface area (Å²) in [5, 5.41) is 8.44. The van der Waals surface area contributed by atoms with E-state index in [1.165, 1.54) is 0 Å². The first-order chi connectivity index (χ1) is 9.92. The lowest BCUT2D eigenvalue weighted by molar-refractivity contribution is 0.0939. The fraction of sp³-hybridized carbons (Fsp3) is 0.500. The summed E-state index contributed by atoms with van der Waals surface area (Å²) in [7, 11) is 0. The molecule has 0 aliphatic heterocycles. The summed E-state index contributed by atoms with van der Waals surface area (Å²) in [6, 6.07) is 7.32. The maximum absolute atomic E-state index is 11.9. The fourth-order valence-corrected chi connectivity index (χ4v) is 1.68. The van der Waals surface area contributed by atoms with Crippen molar-refractivity contribution in [2.75, 3.05) is 0 Å². The quantitative estimate of drug-likeness (QED) is 0.753. The lowest BCUT2D eigenvalue weighted by Crippen LogP contribution is -2.39. The van der Waals surface area contributed by atoms with E-state index < -0.39 is 0 Å². The molecule has 0 aromatic heterocycles. The zero-order chi connectivity index (χ0) is 15.8. The molecule has 5 heteroatoms. The molecule has 0 fully saturated rings.